The molecule has 0 saturated carbocycles. The molecule has 228 valence electrons. The lowest BCUT2D eigenvalue weighted by atomic mass is 9.63. The highest BCUT2D eigenvalue weighted by molar-refractivity contribution is 6.06. The number of hydrogen-bond donors (Lipinski definition) is 0. The van der Waals surface area contributed by atoms with E-state index in [1.807, 2.05) is 49.4 Å². The zero-order chi connectivity index (χ0) is 30.9. The molecule has 0 amide bonds. The predicted octanol–water partition coefficient (Wildman–Crippen LogP) is 8.49. The van der Waals surface area contributed by atoms with Crippen LogP contribution in [0.3, 0.4) is 0 Å². The van der Waals surface area contributed by atoms with Crippen LogP contribution in [0.4, 0.5) is 0 Å². The molecule has 0 N–H and O–H groups in total. The number of carbonyl (C=O) groups excluding carboxylic acids is 2. The Labute approximate surface area is 257 Å². The highest BCUT2D eigenvalue weighted by atomic mass is 16.5. The molecule has 0 aromatic heterocycles. The van der Waals surface area contributed by atoms with Crippen LogP contribution in [0.2, 0.25) is 0 Å². The third kappa shape index (κ3) is 6.23. The van der Waals surface area contributed by atoms with Gasteiger partial charge in [-0.05, 0) is 60.6 Å². The Morgan fingerprint density at radius 2 is 1.49 bits per heavy atom. The Morgan fingerprint density at radius 1 is 0.884 bits per heavy atom. The molecule has 0 saturated heterocycles. The standard InChI is InChI=1S/C38H47NO4/c1-8-14-26-18-27(19-32(42-10-3)36(26)43-24-25-15-12-11-13-16-25)33-34-28(20-37(4,5)22-30(34)40)39(17-9-2)29-21-38(6,7)23-31(41)35(29)33/h8,11-13,15-16,18-19,33H,1,9-10,14,17,20-24H2,2-7H3. The van der Waals surface area contributed by atoms with E-state index in [4.69, 9.17) is 9.47 Å². The highest BCUT2D eigenvalue weighted by Gasteiger charge is 2.49. The van der Waals surface area contributed by atoms with Crippen LogP contribution in [0, 0.1) is 10.8 Å². The molecular formula is C38H47NO4. The van der Waals surface area contributed by atoms with E-state index in [1.54, 1.807) is 0 Å². The zero-order valence-electron chi connectivity index (χ0n) is 26.8. The smallest absolute Gasteiger partial charge is 0.165 e. The highest BCUT2D eigenvalue weighted by Crippen LogP contribution is 2.55. The van der Waals surface area contributed by atoms with Gasteiger partial charge < -0.3 is 14.4 Å². The molecule has 5 rings (SSSR count). The predicted molar refractivity (Wildman–Crippen MR) is 172 cm³/mol. The SMILES string of the molecule is C=CCc1cc(C2C3=C(CC(C)(C)CC3=O)N(CCC)C3=C2C(=O)CC(C)(C)C3)cc(OCC)c1OCc1ccccc1. The minimum Gasteiger partial charge on any atom is -0.490 e. The monoisotopic (exact) mass is 581 g/mol. The van der Waals surface area contributed by atoms with Crippen molar-refractivity contribution in [1.29, 1.82) is 0 Å². The molecule has 2 aromatic rings. The van der Waals surface area contributed by atoms with Gasteiger partial charge in [0.1, 0.15) is 6.61 Å². The molecular weight excluding hydrogens is 534 g/mol. The quantitative estimate of drug-likeness (QED) is 0.263. The van der Waals surface area contributed by atoms with Gasteiger partial charge >= 0.3 is 0 Å². The van der Waals surface area contributed by atoms with Crippen molar-refractivity contribution < 1.29 is 19.1 Å². The fourth-order valence-electron chi connectivity index (χ4n) is 7.19. The number of ketones is 2. The van der Waals surface area contributed by atoms with E-state index in [1.165, 1.54) is 0 Å². The Balaban J connectivity index is 1.72. The molecule has 2 aliphatic carbocycles. The summed E-state index contributed by atoms with van der Waals surface area (Å²) in [6, 6.07) is 14.2. The number of benzene rings is 2. The maximum absolute atomic E-state index is 14.1. The third-order valence-electron chi connectivity index (χ3n) is 8.85. The normalized spacial score (nSPS) is 19.7. The summed E-state index contributed by atoms with van der Waals surface area (Å²) in [5, 5.41) is 0. The van der Waals surface area contributed by atoms with Gasteiger partial charge in [-0.15, -0.1) is 6.58 Å². The number of carbonyl (C=O) groups is 2. The van der Waals surface area contributed by atoms with Crippen LogP contribution in [-0.2, 0) is 22.6 Å². The van der Waals surface area contributed by atoms with Crippen LogP contribution < -0.4 is 9.47 Å². The number of allylic oxidation sites excluding steroid dienone is 5. The van der Waals surface area contributed by atoms with Crippen molar-refractivity contribution in [1.82, 2.24) is 4.90 Å². The molecule has 0 atom stereocenters. The molecule has 1 heterocycles. The Kier molecular flexibility index (Phi) is 8.74. The van der Waals surface area contributed by atoms with E-state index in [0.717, 1.165) is 65.0 Å². The van der Waals surface area contributed by atoms with Gasteiger partial charge in [-0.25, -0.2) is 0 Å². The van der Waals surface area contributed by atoms with Gasteiger partial charge in [0.25, 0.3) is 0 Å². The molecule has 5 heteroatoms. The Morgan fingerprint density at radius 3 is 2.02 bits per heavy atom. The molecule has 3 aliphatic rings. The Hall–Kier alpha value is -3.60. The fourth-order valence-corrected chi connectivity index (χ4v) is 7.19. The second kappa shape index (κ2) is 12.2. The van der Waals surface area contributed by atoms with Crippen molar-refractivity contribution in [3.63, 3.8) is 0 Å². The van der Waals surface area contributed by atoms with Crippen LogP contribution in [0.5, 0.6) is 11.5 Å². The van der Waals surface area contributed by atoms with Gasteiger partial charge in [0, 0.05) is 53.4 Å². The van der Waals surface area contributed by atoms with Gasteiger partial charge in [0.2, 0.25) is 0 Å². The first kappa shape index (κ1) is 30.8. The molecule has 0 bridgehead atoms. The van der Waals surface area contributed by atoms with E-state index < -0.39 is 5.92 Å². The van der Waals surface area contributed by atoms with Crippen LogP contribution in [0.1, 0.15) is 96.3 Å². The number of rotatable bonds is 10. The van der Waals surface area contributed by atoms with E-state index in [2.05, 4.69) is 52.2 Å². The lowest BCUT2D eigenvalue weighted by Gasteiger charge is -2.49. The van der Waals surface area contributed by atoms with Crippen molar-refractivity contribution in [2.75, 3.05) is 13.2 Å². The summed E-state index contributed by atoms with van der Waals surface area (Å²) in [6.45, 7) is 18.6. The van der Waals surface area contributed by atoms with Crippen molar-refractivity contribution >= 4 is 11.6 Å². The van der Waals surface area contributed by atoms with Crippen molar-refractivity contribution in [2.45, 2.75) is 92.6 Å². The largest absolute Gasteiger partial charge is 0.490 e. The number of nitrogens with zero attached hydrogens (tertiary/aromatic N) is 1. The van der Waals surface area contributed by atoms with Crippen LogP contribution >= 0.6 is 0 Å². The van der Waals surface area contributed by atoms with Crippen molar-refractivity contribution in [3.05, 3.63) is 94.4 Å². The third-order valence-corrected chi connectivity index (χ3v) is 8.85. The summed E-state index contributed by atoms with van der Waals surface area (Å²) in [5.41, 5.74) is 6.45. The average molecular weight is 582 g/mol. The summed E-state index contributed by atoms with van der Waals surface area (Å²) < 4.78 is 12.6. The second-order valence-corrected chi connectivity index (χ2v) is 13.9. The summed E-state index contributed by atoms with van der Waals surface area (Å²) in [6.07, 6.45) is 5.95. The van der Waals surface area contributed by atoms with Gasteiger partial charge in [-0.2, -0.15) is 0 Å². The van der Waals surface area contributed by atoms with Gasteiger partial charge in [0.05, 0.1) is 6.61 Å². The molecule has 5 nitrogen and oxygen atoms in total. The maximum Gasteiger partial charge on any atom is 0.165 e. The minimum atomic E-state index is -0.420. The zero-order valence-corrected chi connectivity index (χ0v) is 26.8. The van der Waals surface area contributed by atoms with E-state index in [9.17, 15) is 9.59 Å². The summed E-state index contributed by atoms with van der Waals surface area (Å²) >= 11 is 0. The van der Waals surface area contributed by atoms with E-state index >= 15 is 0 Å². The van der Waals surface area contributed by atoms with Crippen LogP contribution in [-0.4, -0.2) is 29.6 Å². The maximum atomic E-state index is 14.1. The molecule has 0 spiro atoms. The average Bonchev–Trinajstić information content (AvgIpc) is 2.93. The Bertz CT molecular complexity index is 1420. The van der Waals surface area contributed by atoms with Crippen LogP contribution in [0.25, 0.3) is 0 Å². The summed E-state index contributed by atoms with van der Waals surface area (Å²) in [5.74, 6) is 1.20. The molecule has 1 aliphatic heterocycles. The van der Waals surface area contributed by atoms with Crippen molar-refractivity contribution in [2.24, 2.45) is 10.8 Å². The van der Waals surface area contributed by atoms with Gasteiger partial charge in [-0.3, -0.25) is 9.59 Å². The second-order valence-electron chi connectivity index (χ2n) is 13.9. The molecule has 0 fully saturated rings. The first-order valence-corrected chi connectivity index (χ1v) is 15.9. The molecule has 2 aromatic carbocycles. The lowest BCUT2D eigenvalue weighted by Crippen LogP contribution is -2.44. The van der Waals surface area contributed by atoms with Crippen molar-refractivity contribution in [3.8, 4) is 11.5 Å². The minimum absolute atomic E-state index is 0.141. The number of hydrogen-bond acceptors (Lipinski definition) is 5. The molecule has 0 unspecified atom stereocenters. The molecule has 0 radical (unpaired) electrons. The topological polar surface area (TPSA) is 55.8 Å². The number of Topliss-reactive ketones (excluding diaryl/α,β-unsaturated/α-hetero) is 2. The fraction of sp³-hybridized carbons (Fsp3) is 0.474. The van der Waals surface area contributed by atoms with Crippen LogP contribution in [0.15, 0.2) is 77.7 Å². The lowest BCUT2D eigenvalue weighted by molar-refractivity contribution is -0.119. The first-order chi connectivity index (χ1) is 20.5. The number of ether oxygens (including phenoxy) is 2. The summed E-state index contributed by atoms with van der Waals surface area (Å²) in [7, 11) is 0. The van der Waals surface area contributed by atoms with E-state index in [-0.39, 0.29) is 22.4 Å². The summed E-state index contributed by atoms with van der Waals surface area (Å²) in [4.78, 5) is 30.6. The van der Waals surface area contributed by atoms with Gasteiger partial charge in [-0.1, -0.05) is 77.1 Å². The van der Waals surface area contributed by atoms with Gasteiger partial charge in [0.15, 0.2) is 23.1 Å². The van der Waals surface area contributed by atoms with E-state index in [0.29, 0.717) is 44.0 Å². The first-order valence-electron chi connectivity index (χ1n) is 15.9. The molecule has 43 heavy (non-hydrogen) atoms.